The van der Waals surface area contributed by atoms with Gasteiger partial charge < -0.3 is 0 Å². The number of carbonyl (C=O) groups is 1. The lowest BCUT2D eigenvalue weighted by atomic mass is 10.0. The van der Waals surface area contributed by atoms with Crippen molar-refractivity contribution in [3.63, 3.8) is 0 Å². The Balaban J connectivity index is 3.26. The minimum absolute atomic E-state index is 0.243. The van der Waals surface area contributed by atoms with E-state index in [2.05, 4.69) is 0 Å². The van der Waals surface area contributed by atoms with Crippen LogP contribution < -0.4 is 0 Å². The van der Waals surface area contributed by atoms with Crippen LogP contribution in [0.3, 0.4) is 0 Å². The predicted molar refractivity (Wildman–Crippen MR) is 46.0 cm³/mol. The molecule has 0 aliphatic rings. The van der Waals surface area contributed by atoms with E-state index in [9.17, 15) is 4.79 Å². The molecule has 11 heavy (non-hydrogen) atoms. The van der Waals surface area contributed by atoms with Crippen LogP contribution in [-0.2, 0) is 0 Å². The van der Waals surface area contributed by atoms with Gasteiger partial charge >= 0.3 is 0 Å². The Morgan fingerprint density at radius 2 is 2.00 bits per heavy atom. The minimum Gasteiger partial charge on any atom is -0.298 e. The maximum atomic E-state index is 10.5. The van der Waals surface area contributed by atoms with E-state index >= 15 is 0 Å². The molecule has 58 valence electrons. The molecule has 1 heteroatoms. The average Bonchev–Trinajstić information content (AvgIpc) is 2.05. The molecule has 0 atom stereocenters. The Kier molecular flexibility index (Phi) is 1.72. The van der Waals surface area contributed by atoms with Crippen LogP contribution in [0.1, 0.15) is 28.4 Å². The summed E-state index contributed by atoms with van der Waals surface area (Å²) in [5, 5.41) is 0. The quantitative estimate of drug-likeness (QED) is 0.560. The zero-order valence-electron chi connectivity index (χ0n) is 7.85. The van der Waals surface area contributed by atoms with Crippen molar-refractivity contribution < 1.29 is 6.17 Å². The lowest BCUT2D eigenvalue weighted by molar-refractivity contribution is 0.112. The van der Waals surface area contributed by atoms with Gasteiger partial charge in [-0.05, 0) is 43.5 Å². The van der Waals surface area contributed by atoms with Crippen molar-refractivity contribution in [1.82, 2.24) is 0 Å². The van der Waals surface area contributed by atoms with Crippen molar-refractivity contribution in [2.75, 3.05) is 0 Å². The molecule has 0 aliphatic carbocycles. The van der Waals surface area contributed by atoms with Crippen LogP contribution in [0.4, 0.5) is 0 Å². The van der Waals surface area contributed by atoms with Crippen LogP contribution in [-0.4, -0.2) is 6.29 Å². The first-order valence-electron chi connectivity index (χ1n) is 4.24. The number of carbonyl (C=O) groups excluding carboxylic acids is 1. The first-order chi connectivity index (χ1) is 5.69. The number of hydrogen-bond acceptors (Lipinski definition) is 1. The molecule has 1 rings (SSSR count). The molecule has 1 nitrogen and oxygen atoms in total. The monoisotopic (exact) mass is 149 g/mol. The summed E-state index contributed by atoms with van der Waals surface area (Å²) >= 11 is 0. The van der Waals surface area contributed by atoms with E-state index in [-0.39, 0.29) is 6.90 Å². The molecular formula is C10H12O. The predicted octanol–water partition coefficient (Wildman–Crippen LogP) is 2.42. The normalized spacial score (nSPS) is 10.9. The highest BCUT2D eigenvalue weighted by molar-refractivity contribution is 5.77. The van der Waals surface area contributed by atoms with Crippen LogP contribution in [0.5, 0.6) is 0 Å². The molecule has 0 radical (unpaired) electrons. The first-order valence-corrected chi connectivity index (χ1v) is 3.53. The van der Waals surface area contributed by atoms with Crippen LogP contribution in [0.15, 0.2) is 12.1 Å². The lowest BCUT2D eigenvalue weighted by Crippen LogP contribution is -1.90. The second kappa shape index (κ2) is 2.87. The van der Waals surface area contributed by atoms with Gasteiger partial charge in [-0.1, -0.05) is 6.07 Å². The largest absolute Gasteiger partial charge is 0.298 e. The molecule has 0 aromatic heterocycles. The van der Waals surface area contributed by atoms with E-state index in [4.69, 9.17) is 1.37 Å². The summed E-state index contributed by atoms with van der Waals surface area (Å²) in [6, 6.07) is 3.75. The zero-order valence-corrected chi connectivity index (χ0v) is 6.85. The SMILES string of the molecule is [2H]Cc1cc(C=O)c(C)cc1C. The molecule has 0 spiro atoms. The van der Waals surface area contributed by atoms with Crippen LogP contribution in [0.2, 0.25) is 0 Å². The van der Waals surface area contributed by atoms with E-state index in [0.29, 0.717) is 5.56 Å². The summed E-state index contributed by atoms with van der Waals surface area (Å²) in [7, 11) is 0. The molecule has 0 bridgehead atoms. The Morgan fingerprint density at radius 3 is 2.55 bits per heavy atom. The summed E-state index contributed by atoms with van der Waals surface area (Å²) in [5.74, 6) is 0. The second-order valence-corrected chi connectivity index (χ2v) is 2.75. The Labute approximate surface area is 68.5 Å². The van der Waals surface area contributed by atoms with Gasteiger partial charge in [-0.15, -0.1) is 0 Å². The molecule has 0 unspecified atom stereocenters. The standard InChI is InChI=1S/C10H12O/c1-7-4-9(3)10(6-11)5-8(7)2/h4-6H,1-3H3/i2D. The molecule has 1 aromatic carbocycles. The Morgan fingerprint density at radius 1 is 1.27 bits per heavy atom. The minimum atomic E-state index is 0.243. The molecular weight excluding hydrogens is 136 g/mol. The Bertz CT molecular complexity index is 305. The van der Waals surface area contributed by atoms with Crippen molar-refractivity contribution in [3.05, 3.63) is 34.4 Å². The van der Waals surface area contributed by atoms with E-state index in [1.54, 1.807) is 6.07 Å². The van der Waals surface area contributed by atoms with Gasteiger partial charge in [0.05, 0.1) is 0 Å². The van der Waals surface area contributed by atoms with Gasteiger partial charge in [0, 0.05) is 6.93 Å². The van der Waals surface area contributed by atoms with Gasteiger partial charge in [-0.25, -0.2) is 0 Å². The van der Waals surface area contributed by atoms with Gasteiger partial charge in [0.1, 0.15) is 6.29 Å². The average molecular weight is 149 g/mol. The van der Waals surface area contributed by atoms with Crippen LogP contribution >= 0.6 is 0 Å². The Hall–Kier alpha value is -1.11. The van der Waals surface area contributed by atoms with Crippen molar-refractivity contribution in [2.45, 2.75) is 20.7 Å². The summed E-state index contributed by atoms with van der Waals surface area (Å²) in [5.41, 5.74) is 3.71. The van der Waals surface area contributed by atoms with Gasteiger partial charge in [-0.2, -0.15) is 0 Å². The molecule has 0 aliphatic heterocycles. The highest BCUT2D eigenvalue weighted by Gasteiger charge is 1.98. The third-order valence-electron chi connectivity index (χ3n) is 1.85. The van der Waals surface area contributed by atoms with Crippen molar-refractivity contribution >= 4 is 6.29 Å². The van der Waals surface area contributed by atoms with E-state index in [1.165, 1.54) is 0 Å². The molecule has 0 amide bonds. The topological polar surface area (TPSA) is 17.1 Å². The van der Waals surface area contributed by atoms with Gasteiger partial charge in [0.15, 0.2) is 0 Å². The molecule has 0 fully saturated rings. The number of aldehydes is 1. The second-order valence-electron chi connectivity index (χ2n) is 2.75. The van der Waals surface area contributed by atoms with Crippen LogP contribution in [0, 0.1) is 20.7 Å². The van der Waals surface area contributed by atoms with Crippen molar-refractivity contribution in [1.29, 1.82) is 0 Å². The fraction of sp³-hybridized carbons (Fsp3) is 0.300. The number of hydrogen-bond donors (Lipinski definition) is 0. The molecule has 0 heterocycles. The number of aryl methyl sites for hydroxylation is 3. The summed E-state index contributed by atoms with van der Waals surface area (Å²) < 4.78 is 7.21. The summed E-state index contributed by atoms with van der Waals surface area (Å²) in [4.78, 5) is 10.5. The lowest BCUT2D eigenvalue weighted by Gasteiger charge is -2.03. The smallest absolute Gasteiger partial charge is 0.150 e. The summed E-state index contributed by atoms with van der Waals surface area (Å²) in [6.07, 6.45) is 0.841. The van der Waals surface area contributed by atoms with E-state index < -0.39 is 0 Å². The third kappa shape index (κ3) is 1.48. The van der Waals surface area contributed by atoms with E-state index in [0.717, 1.165) is 23.0 Å². The first kappa shape index (κ1) is 6.59. The van der Waals surface area contributed by atoms with Crippen molar-refractivity contribution in [2.24, 2.45) is 0 Å². The number of rotatable bonds is 1. The maximum absolute atomic E-state index is 10.5. The summed E-state index contributed by atoms with van der Waals surface area (Å²) in [6.45, 7) is 4.11. The molecule has 0 saturated heterocycles. The highest BCUT2D eigenvalue weighted by atomic mass is 16.1. The fourth-order valence-corrected chi connectivity index (χ4v) is 1.04. The van der Waals surface area contributed by atoms with Crippen molar-refractivity contribution in [3.8, 4) is 0 Å². The van der Waals surface area contributed by atoms with Gasteiger partial charge in [0.2, 0.25) is 0 Å². The fourth-order valence-electron chi connectivity index (χ4n) is 1.04. The van der Waals surface area contributed by atoms with Crippen LogP contribution in [0.25, 0.3) is 0 Å². The number of benzene rings is 1. The molecule has 1 aromatic rings. The molecule has 0 N–H and O–H groups in total. The maximum Gasteiger partial charge on any atom is 0.150 e. The van der Waals surface area contributed by atoms with Gasteiger partial charge in [-0.3, -0.25) is 4.79 Å². The van der Waals surface area contributed by atoms with Gasteiger partial charge in [0.25, 0.3) is 0 Å². The highest BCUT2D eigenvalue weighted by Crippen LogP contribution is 2.12. The third-order valence-corrected chi connectivity index (χ3v) is 1.85. The van der Waals surface area contributed by atoms with E-state index in [1.807, 2.05) is 19.9 Å². The zero-order chi connectivity index (χ0) is 9.14. The molecule has 0 saturated carbocycles.